The summed E-state index contributed by atoms with van der Waals surface area (Å²) in [5.41, 5.74) is 2.13. The minimum absolute atomic E-state index is 0.175. The van der Waals surface area contributed by atoms with E-state index in [1.165, 1.54) is 17.9 Å². The highest BCUT2D eigenvalue weighted by molar-refractivity contribution is 5.85. The number of imidazole rings is 1. The average molecular weight is 503 g/mol. The van der Waals surface area contributed by atoms with Crippen LogP contribution < -0.4 is 0 Å². The first-order valence-electron chi connectivity index (χ1n) is 11.2. The zero-order chi connectivity index (χ0) is 26.2. The van der Waals surface area contributed by atoms with Gasteiger partial charge in [-0.15, -0.1) is 5.10 Å². The molecule has 0 amide bonds. The van der Waals surface area contributed by atoms with Gasteiger partial charge in [0, 0.05) is 17.3 Å². The highest BCUT2D eigenvalue weighted by Crippen LogP contribution is 2.33. The number of halogens is 3. The smallest absolute Gasteiger partial charge is 0.416 e. The number of carbonyl (C=O) groups excluding carboxylic acids is 1. The quantitative estimate of drug-likeness (QED) is 0.279. The molecule has 0 aliphatic rings. The lowest BCUT2D eigenvalue weighted by Gasteiger charge is -2.09. The van der Waals surface area contributed by atoms with Crippen molar-refractivity contribution in [3.05, 3.63) is 102 Å². The van der Waals surface area contributed by atoms with Gasteiger partial charge < -0.3 is 4.74 Å². The Labute approximate surface area is 209 Å². The molecule has 0 fully saturated rings. The summed E-state index contributed by atoms with van der Waals surface area (Å²) in [7, 11) is 1.23. The molecule has 0 atom stereocenters. The zero-order valence-electron chi connectivity index (χ0n) is 19.8. The molecule has 0 unspecified atom stereocenters. The topological polar surface area (TPSA) is 74.8 Å². The van der Waals surface area contributed by atoms with Crippen LogP contribution >= 0.6 is 0 Å². The molecule has 2 aromatic heterocycles. The molecule has 3 aromatic carbocycles. The van der Waals surface area contributed by atoms with Gasteiger partial charge in [-0.2, -0.15) is 22.8 Å². The van der Waals surface area contributed by atoms with Gasteiger partial charge in [0.2, 0.25) is 5.95 Å². The van der Waals surface area contributed by atoms with Crippen molar-refractivity contribution >= 4 is 5.97 Å². The predicted octanol–water partition coefficient (Wildman–Crippen LogP) is 5.90. The van der Waals surface area contributed by atoms with E-state index in [0.717, 1.165) is 17.7 Å². The minimum Gasteiger partial charge on any atom is -0.463 e. The molecule has 0 aliphatic carbocycles. The maximum absolute atomic E-state index is 13.4. The first-order chi connectivity index (χ1) is 17.7. The third-order valence-electron chi connectivity index (χ3n) is 5.68. The molecule has 10 heteroatoms. The molecule has 7 nitrogen and oxygen atoms in total. The van der Waals surface area contributed by atoms with E-state index in [0.29, 0.717) is 22.8 Å². The number of aromatic nitrogens is 5. The van der Waals surface area contributed by atoms with Crippen LogP contribution in [0.5, 0.6) is 0 Å². The number of hydrogen-bond donors (Lipinski definition) is 0. The van der Waals surface area contributed by atoms with Crippen molar-refractivity contribution < 1.29 is 22.7 Å². The Bertz CT molecular complexity index is 1570. The summed E-state index contributed by atoms with van der Waals surface area (Å²) in [5, 5.41) is 4.35. The van der Waals surface area contributed by atoms with Gasteiger partial charge in [-0.3, -0.25) is 4.57 Å². The van der Waals surface area contributed by atoms with Crippen LogP contribution in [0.4, 0.5) is 13.2 Å². The maximum atomic E-state index is 13.4. The normalized spacial score (nSPS) is 11.5. The predicted molar refractivity (Wildman–Crippen MR) is 130 cm³/mol. The van der Waals surface area contributed by atoms with Gasteiger partial charge >= 0.3 is 12.1 Å². The van der Waals surface area contributed by atoms with E-state index in [-0.39, 0.29) is 17.3 Å². The highest BCUT2D eigenvalue weighted by atomic mass is 19.4. The SMILES string of the molecule is COC(=O)c1nc(-n2cc(-c3cccc(C(F)(F)F)c3)nc2-c2ccccc2)n(-c2ccc(C)cc2)n1. The fourth-order valence-electron chi connectivity index (χ4n) is 3.81. The van der Waals surface area contributed by atoms with E-state index in [1.807, 2.05) is 61.5 Å². The van der Waals surface area contributed by atoms with Crippen LogP contribution in [0.15, 0.2) is 85.1 Å². The molecule has 0 saturated heterocycles. The molecule has 0 saturated carbocycles. The van der Waals surface area contributed by atoms with Gasteiger partial charge in [-0.05, 0) is 31.2 Å². The lowest BCUT2D eigenvalue weighted by atomic mass is 10.1. The summed E-state index contributed by atoms with van der Waals surface area (Å²) >= 11 is 0. The van der Waals surface area contributed by atoms with Crippen molar-refractivity contribution in [2.45, 2.75) is 13.1 Å². The number of rotatable bonds is 5. The largest absolute Gasteiger partial charge is 0.463 e. The van der Waals surface area contributed by atoms with Crippen LogP contribution in [0.2, 0.25) is 0 Å². The molecule has 5 rings (SSSR count). The highest BCUT2D eigenvalue weighted by Gasteiger charge is 2.31. The Morgan fingerprint density at radius 1 is 0.892 bits per heavy atom. The van der Waals surface area contributed by atoms with Gasteiger partial charge in [0.25, 0.3) is 5.82 Å². The standard InChI is InChI=1S/C27H20F3N5O2/c1-17-11-13-21(14-12-17)35-26(32-23(33-35)25(36)37-2)34-16-22(31-24(34)18-7-4-3-5-8-18)19-9-6-10-20(15-19)27(28,29)30/h3-16H,1-2H3. The van der Waals surface area contributed by atoms with E-state index in [4.69, 9.17) is 4.74 Å². The number of ether oxygens (including phenoxy) is 1. The number of hydrogen-bond acceptors (Lipinski definition) is 5. The average Bonchev–Trinajstić information content (AvgIpc) is 3.54. The third-order valence-corrected chi connectivity index (χ3v) is 5.68. The number of nitrogens with zero attached hydrogens (tertiary/aromatic N) is 5. The van der Waals surface area contributed by atoms with Crippen molar-refractivity contribution in [2.75, 3.05) is 7.11 Å². The molecule has 5 aromatic rings. The number of aryl methyl sites for hydroxylation is 1. The molecule has 37 heavy (non-hydrogen) atoms. The van der Waals surface area contributed by atoms with E-state index in [1.54, 1.807) is 16.8 Å². The zero-order valence-corrected chi connectivity index (χ0v) is 19.8. The Morgan fingerprint density at radius 2 is 1.59 bits per heavy atom. The number of methoxy groups -OCH3 is 1. The molecular weight excluding hydrogens is 483 g/mol. The molecule has 0 spiro atoms. The van der Waals surface area contributed by atoms with Gasteiger partial charge in [-0.25, -0.2) is 9.78 Å². The maximum Gasteiger partial charge on any atom is 0.416 e. The van der Waals surface area contributed by atoms with Crippen molar-refractivity contribution in [2.24, 2.45) is 0 Å². The van der Waals surface area contributed by atoms with Crippen LogP contribution in [0.1, 0.15) is 21.7 Å². The lowest BCUT2D eigenvalue weighted by Crippen LogP contribution is -2.07. The summed E-state index contributed by atoms with van der Waals surface area (Å²) in [6.07, 6.45) is -2.92. The fourth-order valence-corrected chi connectivity index (χ4v) is 3.81. The van der Waals surface area contributed by atoms with Crippen molar-refractivity contribution in [1.82, 2.24) is 24.3 Å². The number of benzene rings is 3. The molecular formula is C27H20F3N5O2. The van der Waals surface area contributed by atoms with Gasteiger partial charge in [-0.1, -0.05) is 60.2 Å². The third kappa shape index (κ3) is 4.73. The van der Waals surface area contributed by atoms with Crippen LogP contribution in [-0.4, -0.2) is 37.4 Å². The monoisotopic (exact) mass is 503 g/mol. The Morgan fingerprint density at radius 3 is 2.27 bits per heavy atom. The fraction of sp³-hybridized carbons (Fsp3) is 0.111. The van der Waals surface area contributed by atoms with E-state index in [2.05, 4.69) is 15.1 Å². The molecule has 0 radical (unpaired) electrons. The first-order valence-corrected chi connectivity index (χ1v) is 11.2. The minimum atomic E-state index is -4.50. The van der Waals surface area contributed by atoms with Crippen LogP contribution in [0.3, 0.4) is 0 Å². The van der Waals surface area contributed by atoms with Crippen LogP contribution in [0, 0.1) is 6.92 Å². The van der Waals surface area contributed by atoms with Crippen LogP contribution in [-0.2, 0) is 10.9 Å². The molecule has 2 heterocycles. The number of carbonyl (C=O) groups is 1. The van der Waals surface area contributed by atoms with Crippen molar-refractivity contribution in [3.8, 4) is 34.3 Å². The summed E-state index contributed by atoms with van der Waals surface area (Å²) < 4.78 is 48.1. The number of alkyl halides is 3. The second-order valence-electron chi connectivity index (χ2n) is 8.24. The molecule has 0 bridgehead atoms. The molecule has 0 N–H and O–H groups in total. The Balaban J connectivity index is 1.75. The van der Waals surface area contributed by atoms with E-state index < -0.39 is 17.7 Å². The second-order valence-corrected chi connectivity index (χ2v) is 8.24. The first kappa shape index (κ1) is 24.0. The van der Waals surface area contributed by atoms with Gasteiger partial charge in [0.05, 0.1) is 24.1 Å². The van der Waals surface area contributed by atoms with E-state index >= 15 is 0 Å². The Hall–Kier alpha value is -4.73. The van der Waals surface area contributed by atoms with Crippen molar-refractivity contribution in [3.63, 3.8) is 0 Å². The molecule has 186 valence electrons. The van der Waals surface area contributed by atoms with E-state index in [9.17, 15) is 18.0 Å². The summed E-state index contributed by atoms with van der Waals surface area (Å²) in [4.78, 5) is 21.4. The number of esters is 1. The van der Waals surface area contributed by atoms with Gasteiger partial charge in [0.15, 0.2) is 0 Å². The molecule has 0 aliphatic heterocycles. The summed E-state index contributed by atoms with van der Waals surface area (Å²) in [5.74, 6) is -0.281. The van der Waals surface area contributed by atoms with Crippen molar-refractivity contribution in [1.29, 1.82) is 0 Å². The second kappa shape index (κ2) is 9.38. The summed E-state index contributed by atoms with van der Waals surface area (Å²) in [6.45, 7) is 1.94. The summed E-state index contributed by atoms with van der Waals surface area (Å²) in [6, 6.07) is 21.5. The van der Waals surface area contributed by atoms with Gasteiger partial charge in [0.1, 0.15) is 5.82 Å². The Kier molecular flexibility index (Phi) is 6.08. The lowest BCUT2D eigenvalue weighted by molar-refractivity contribution is -0.137. The van der Waals surface area contributed by atoms with Crippen LogP contribution in [0.25, 0.3) is 34.3 Å².